The zero-order chi connectivity index (χ0) is 14.3. The van der Waals surface area contributed by atoms with Gasteiger partial charge in [0.1, 0.15) is 18.2 Å². The molecule has 0 aromatic carbocycles. The van der Waals surface area contributed by atoms with Crippen LogP contribution in [-0.2, 0) is 16.1 Å². The third-order valence-electron chi connectivity index (χ3n) is 3.96. The van der Waals surface area contributed by atoms with E-state index in [0.29, 0.717) is 24.5 Å². The Morgan fingerprint density at radius 3 is 3.20 bits per heavy atom. The second-order valence-electron chi connectivity index (χ2n) is 5.39. The number of likely N-dealkylation sites (N-methyl/N-ethyl adjacent to an activating group) is 1. The van der Waals surface area contributed by atoms with E-state index >= 15 is 0 Å². The predicted octanol–water partition coefficient (Wildman–Crippen LogP) is 0.217. The van der Waals surface area contributed by atoms with Crippen molar-refractivity contribution in [2.24, 2.45) is 0 Å². The summed E-state index contributed by atoms with van der Waals surface area (Å²) in [4.78, 5) is 31.8. The quantitative estimate of drug-likeness (QED) is 0.862. The van der Waals surface area contributed by atoms with E-state index in [-0.39, 0.29) is 22.7 Å². The number of hydrogen-bond acceptors (Lipinski definition) is 5. The Balaban J connectivity index is 1.72. The lowest BCUT2D eigenvalue weighted by Gasteiger charge is -2.31. The number of thioether (sulfide) groups is 1. The molecule has 8 heteroatoms. The summed E-state index contributed by atoms with van der Waals surface area (Å²) in [6, 6.07) is -0.354. The highest BCUT2D eigenvalue weighted by Crippen LogP contribution is 2.47. The number of aromatic nitrogens is 3. The molecule has 2 saturated heterocycles. The van der Waals surface area contributed by atoms with Gasteiger partial charge in [-0.15, -0.1) is 11.8 Å². The lowest BCUT2D eigenvalue weighted by Crippen LogP contribution is -2.50. The molecule has 2 unspecified atom stereocenters. The van der Waals surface area contributed by atoms with Gasteiger partial charge in [0.15, 0.2) is 0 Å². The van der Waals surface area contributed by atoms with Gasteiger partial charge < -0.3 is 9.80 Å². The molecule has 2 amide bonds. The number of amides is 2. The molecule has 3 heterocycles. The zero-order valence-electron chi connectivity index (χ0n) is 11.5. The second-order valence-corrected chi connectivity index (χ2v) is 6.89. The van der Waals surface area contributed by atoms with Crippen molar-refractivity contribution in [1.29, 1.82) is 0 Å². The average Bonchev–Trinajstić information content (AvgIpc) is 3.08. The van der Waals surface area contributed by atoms with Crippen molar-refractivity contribution < 1.29 is 9.59 Å². The van der Waals surface area contributed by atoms with E-state index in [1.165, 1.54) is 6.33 Å². The minimum atomic E-state index is -0.354. The van der Waals surface area contributed by atoms with Gasteiger partial charge in [-0.2, -0.15) is 5.10 Å². The molecule has 2 atom stereocenters. The van der Waals surface area contributed by atoms with Crippen LogP contribution in [0.4, 0.5) is 0 Å². The van der Waals surface area contributed by atoms with E-state index in [4.69, 9.17) is 0 Å². The topological polar surface area (TPSA) is 82.2 Å². The Bertz CT molecular complexity index is 534. The van der Waals surface area contributed by atoms with Crippen LogP contribution in [0.5, 0.6) is 0 Å². The van der Waals surface area contributed by atoms with Gasteiger partial charge in [0.05, 0.1) is 11.4 Å². The lowest BCUT2D eigenvalue weighted by atomic mass is 10.2. The molecule has 3 rings (SSSR count). The maximum Gasteiger partial charge on any atom is 0.246 e. The first-order valence-electron chi connectivity index (χ1n) is 6.56. The molecule has 7 nitrogen and oxygen atoms in total. The van der Waals surface area contributed by atoms with E-state index in [0.717, 1.165) is 6.42 Å². The largest absolute Gasteiger partial charge is 0.336 e. The van der Waals surface area contributed by atoms with Crippen LogP contribution in [0.2, 0.25) is 0 Å². The lowest BCUT2D eigenvalue weighted by molar-refractivity contribution is -0.143. The van der Waals surface area contributed by atoms with Crippen molar-refractivity contribution in [3.05, 3.63) is 12.2 Å². The van der Waals surface area contributed by atoms with E-state index in [9.17, 15) is 9.59 Å². The molecule has 2 fully saturated rings. The molecule has 0 spiro atoms. The number of rotatable bonds is 3. The summed E-state index contributed by atoms with van der Waals surface area (Å²) in [5, 5.41) is 6.50. The van der Waals surface area contributed by atoms with Crippen LogP contribution in [0.25, 0.3) is 0 Å². The predicted molar refractivity (Wildman–Crippen MR) is 73.6 cm³/mol. The van der Waals surface area contributed by atoms with Crippen LogP contribution in [0, 0.1) is 0 Å². The van der Waals surface area contributed by atoms with Gasteiger partial charge in [-0.3, -0.25) is 14.7 Å². The molecule has 0 bridgehead atoms. The van der Waals surface area contributed by atoms with E-state index in [1.54, 1.807) is 28.6 Å². The molecule has 20 heavy (non-hydrogen) atoms. The summed E-state index contributed by atoms with van der Waals surface area (Å²) in [5.41, 5.74) is 0. The Morgan fingerprint density at radius 2 is 2.50 bits per heavy atom. The number of H-pyrrole nitrogens is 1. The summed E-state index contributed by atoms with van der Waals surface area (Å²) < 4.78 is 0. The molecule has 0 saturated carbocycles. The van der Waals surface area contributed by atoms with Crippen LogP contribution in [0.3, 0.4) is 0 Å². The van der Waals surface area contributed by atoms with E-state index in [2.05, 4.69) is 15.2 Å². The van der Waals surface area contributed by atoms with Gasteiger partial charge in [0.25, 0.3) is 0 Å². The van der Waals surface area contributed by atoms with Crippen molar-refractivity contribution >= 4 is 23.6 Å². The number of nitrogens with one attached hydrogen (secondary N) is 1. The first-order chi connectivity index (χ1) is 9.51. The molecular formula is C12H17N5O2S. The second kappa shape index (κ2) is 4.76. The third-order valence-corrected chi connectivity index (χ3v) is 5.46. The number of hydrogen-bond donors (Lipinski definition) is 1. The Hall–Kier alpha value is -1.57. The number of fused-ring (bicyclic) bond motifs is 1. The highest BCUT2D eigenvalue weighted by atomic mass is 32.2. The summed E-state index contributed by atoms with van der Waals surface area (Å²) in [7, 11) is 1.73. The first-order valence-corrected chi connectivity index (χ1v) is 7.55. The van der Waals surface area contributed by atoms with Gasteiger partial charge in [-0.25, -0.2) is 4.98 Å². The van der Waals surface area contributed by atoms with Crippen LogP contribution < -0.4 is 0 Å². The maximum atomic E-state index is 12.6. The number of carbonyl (C=O) groups excluding carboxylic acids is 2. The molecule has 0 aliphatic carbocycles. The molecule has 0 radical (unpaired) electrons. The Kier molecular flexibility index (Phi) is 3.19. The van der Waals surface area contributed by atoms with Gasteiger partial charge in [0, 0.05) is 19.2 Å². The summed E-state index contributed by atoms with van der Waals surface area (Å²) in [5.74, 6) is 1.36. The van der Waals surface area contributed by atoms with Crippen LogP contribution in [-0.4, -0.2) is 60.5 Å². The molecule has 1 N–H and O–H groups in total. The Labute approximate surface area is 121 Å². The fourth-order valence-corrected chi connectivity index (χ4v) is 4.29. The summed E-state index contributed by atoms with van der Waals surface area (Å²) >= 11 is 1.70. The standard InChI is InChI=1S/C12H17N5O2S/c1-12-4-3-10(18)17(12)8(6-20-12)11(19)16(2)5-9-13-7-14-15-9/h7-8H,3-6H2,1-2H3,(H,13,14,15). The highest BCUT2D eigenvalue weighted by Gasteiger charge is 2.53. The van der Waals surface area contributed by atoms with Gasteiger partial charge in [-0.05, 0) is 13.3 Å². The van der Waals surface area contributed by atoms with Crippen LogP contribution in [0.1, 0.15) is 25.6 Å². The number of carbonyl (C=O) groups is 2. The van der Waals surface area contributed by atoms with Gasteiger partial charge in [0.2, 0.25) is 11.8 Å². The molecule has 2 aliphatic rings. The SMILES string of the molecule is CN(Cc1ncn[nH]1)C(=O)C1CSC2(C)CCC(=O)N12. The van der Waals surface area contributed by atoms with Crippen molar-refractivity contribution in [3.63, 3.8) is 0 Å². The molecule has 108 valence electrons. The normalized spacial score (nSPS) is 28.8. The monoisotopic (exact) mass is 295 g/mol. The number of nitrogens with zero attached hydrogens (tertiary/aromatic N) is 4. The molecular weight excluding hydrogens is 278 g/mol. The van der Waals surface area contributed by atoms with Crippen LogP contribution in [0.15, 0.2) is 6.33 Å². The van der Waals surface area contributed by atoms with Crippen molar-refractivity contribution in [3.8, 4) is 0 Å². The number of aromatic amines is 1. The maximum absolute atomic E-state index is 12.6. The molecule has 2 aliphatic heterocycles. The zero-order valence-corrected chi connectivity index (χ0v) is 12.3. The minimum Gasteiger partial charge on any atom is -0.336 e. The highest BCUT2D eigenvalue weighted by molar-refractivity contribution is 8.01. The third kappa shape index (κ3) is 2.07. The minimum absolute atomic E-state index is 0.0344. The first kappa shape index (κ1) is 13.4. The van der Waals surface area contributed by atoms with Gasteiger partial charge >= 0.3 is 0 Å². The molecule has 1 aromatic rings. The van der Waals surface area contributed by atoms with Gasteiger partial charge in [-0.1, -0.05) is 0 Å². The van der Waals surface area contributed by atoms with E-state index in [1.807, 2.05) is 6.92 Å². The van der Waals surface area contributed by atoms with Crippen molar-refractivity contribution in [2.75, 3.05) is 12.8 Å². The Morgan fingerprint density at radius 1 is 1.70 bits per heavy atom. The fraction of sp³-hybridized carbons (Fsp3) is 0.667. The smallest absolute Gasteiger partial charge is 0.246 e. The fourth-order valence-electron chi connectivity index (χ4n) is 2.87. The summed E-state index contributed by atoms with van der Waals surface area (Å²) in [6.07, 6.45) is 2.78. The molecule has 1 aromatic heterocycles. The van der Waals surface area contributed by atoms with Crippen molar-refractivity contribution in [1.82, 2.24) is 25.0 Å². The van der Waals surface area contributed by atoms with E-state index < -0.39 is 0 Å². The van der Waals surface area contributed by atoms with Crippen molar-refractivity contribution in [2.45, 2.75) is 37.2 Å². The van der Waals surface area contributed by atoms with Crippen LogP contribution >= 0.6 is 11.8 Å². The average molecular weight is 295 g/mol. The summed E-state index contributed by atoms with van der Waals surface area (Å²) in [6.45, 7) is 2.42.